The van der Waals surface area contributed by atoms with Crippen molar-refractivity contribution in [3.63, 3.8) is 0 Å². The fourth-order valence-electron chi connectivity index (χ4n) is 3.35. The van der Waals surface area contributed by atoms with E-state index in [1.54, 1.807) is 0 Å². The highest BCUT2D eigenvalue weighted by Gasteiger charge is 2.37. The Labute approximate surface area is 111 Å². The van der Waals surface area contributed by atoms with Crippen LogP contribution in [0.1, 0.15) is 44.6 Å². The van der Waals surface area contributed by atoms with Crippen LogP contribution in [0.15, 0.2) is 30.3 Å². The van der Waals surface area contributed by atoms with Gasteiger partial charge < -0.3 is 11.1 Å². The van der Waals surface area contributed by atoms with E-state index in [-0.39, 0.29) is 5.54 Å². The van der Waals surface area contributed by atoms with Crippen molar-refractivity contribution in [2.75, 3.05) is 6.54 Å². The van der Waals surface area contributed by atoms with Crippen molar-refractivity contribution in [2.45, 2.75) is 51.1 Å². The first-order chi connectivity index (χ1) is 8.80. The number of rotatable bonds is 5. The summed E-state index contributed by atoms with van der Waals surface area (Å²) < 4.78 is 0. The van der Waals surface area contributed by atoms with Crippen LogP contribution in [0.5, 0.6) is 0 Å². The van der Waals surface area contributed by atoms with Crippen LogP contribution >= 0.6 is 0 Å². The molecule has 0 heterocycles. The van der Waals surface area contributed by atoms with Gasteiger partial charge in [-0.2, -0.15) is 0 Å². The molecule has 2 atom stereocenters. The average molecular weight is 246 g/mol. The fourth-order valence-corrected chi connectivity index (χ4v) is 3.35. The Kier molecular flexibility index (Phi) is 4.79. The van der Waals surface area contributed by atoms with Crippen molar-refractivity contribution in [2.24, 2.45) is 11.7 Å². The van der Waals surface area contributed by atoms with Crippen molar-refractivity contribution >= 4 is 0 Å². The lowest BCUT2D eigenvalue weighted by Gasteiger charge is -2.44. The average Bonchev–Trinajstić information content (AvgIpc) is 2.46. The summed E-state index contributed by atoms with van der Waals surface area (Å²) in [5.74, 6) is 0.736. The lowest BCUT2D eigenvalue weighted by molar-refractivity contribution is 0.142. The molecule has 0 amide bonds. The van der Waals surface area contributed by atoms with Gasteiger partial charge in [-0.15, -0.1) is 0 Å². The summed E-state index contributed by atoms with van der Waals surface area (Å²) in [6.07, 6.45) is 6.48. The first kappa shape index (κ1) is 13.6. The molecule has 0 bridgehead atoms. The Morgan fingerprint density at radius 2 is 2.06 bits per heavy atom. The van der Waals surface area contributed by atoms with Gasteiger partial charge in [0.05, 0.1) is 0 Å². The van der Waals surface area contributed by atoms with E-state index in [1.807, 2.05) is 0 Å². The number of nitrogens with one attached hydrogen (secondary N) is 1. The summed E-state index contributed by atoms with van der Waals surface area (Å²) in [6.45, 7) is 4.00. The molecule has 1 saturated carbocycles. The summed E-state index contributed by atoms with van der Waals surface area (Å²) in [4.78, 5) is 0. The lowest BCUT2D eigenvalue weighted by atomic mass is 9.71. The van der Waals surface area contributed by atoms with E-state index < -0.39 is 0 Å². The number of hydrogen-bond acceptors (Lipinski definition) is 2. The van der Waals surface area contributed by atoms with E-state index in [4.69, 9.17) is 5.73 Å². The molecule has 1 aliphatic rings. The van der Waals surface area contributed by atoms with Gasteiger partial charge in [-0.05, 0) is 24.3 Å². The number of benzene rings is 1. The van der Waals surface area contributed by atoms with E-state index >= 15 is 0 Å². The minimum absolute atomic E-state index is 0.169. The highest BCUT2D eigenvalue weighted by Crippen LogP contribution is 2.35. The molecule has 0 aliphatic heterocycles. The zero-order valence-electron chi connectivity index (χ0n) is 11.5. The minimum atomic E-state index is 0.169. The molecule has 0 aromatic heterocycles. The standard InChI is InChI=1S/C16H26N2/c1-2-15-10-6-7-11-16(15,13-17)18-12-14-8-4-3-5-9-14/h3-5,8-9,15,18H,2,6-7,10-13,17H2,1H3. The van der Waals surface area contributed by atoms with Crippen molar-refractivity contribution < 1.29 is 0 Å². The molecule has 0 spiro atoms. The quantitative estimate of drug-likeness (QED) is 0.838. The molecule has 18 heavy (non-hydrogen) atoms. The zero-order chi connectivity index (χ0) is 12.8. The molecule has 1 aromatic carbocycles. The van der Waals surface area contributed by atoms with Crippen LogP contribution in [0.25, 0.3) is 0 Å². The van der Waals surface area contributed by atoms with Gasteiger partial charge >= 0.3 is 0 Å². The molecule has 100 valence electrons. The minimum Gasteiger partial charge on any atom is -0.329 e. The molecule has 0 radical (unpaired) electrons. The molecule has 2 nitrogen and oxygen atoms in total. The summed E-state index contributed by atoms with van der Waals surface area (Å²) in [6, 6.07) is 10.6. The summed E-state index contributed by atoms with van der Waals surface area (Å²) in [7, 11) is 0. The van der Waals surface area contributed by atoms with Crippen LogP contribution in [-0.2, 0) is 6.54 Å². The van der Waals surface area contributed by atoms with Crippen molar-refractivity contribution in [3.05, 3.63) is 35.9 Å². The number of hydrogen-bond donors (Lipinski definition) is 2. The third-order valence-corrected chi connectivity index (χ3v) is 4.55. The Hall–Kier alpha value is -0.860. The third kappa shape index (κ3) is 2.93. The Bertz CT molecular complexity index is 349. The third-order valence-electron chi connectivity index (χ3n) is 4.55. The van der Waals surface area contributed by atoms with E-state index in [0.717, 1.165) is 19.0 Å². The summed E-state index contributed by atoms with van der Waals surface area (Å²) in [5.41, 5.74) is 7.63. The Balaban J connectivity index is 2.03. The van der Waals surface area contributed by atoms with Gasteiger partial charge in [0.15, 0.2) is 0 Å². The highest BCUT2D eigenvalue weighted by atomic mass is 15.0. The predicted octanol–water partition coefficient (Wildman–Crippen LogP) is 3.07. The van der Waals surface area contributed by atoms with E-state index in [2.05, 4.69) is 42.6 Å². The number of nitrogens with two attached hydrogens (primary N) is 1. The lowest BCUT2D eigenvalue weighted by Crippen LogP contribution is -2.57. The van der Waals surface area contributed by atoms with Gasteiger partial charge in [-0.1, -0.05) is 56.5 Å². The van der Waals surface area contributed by atoms with Crippen molar-refractivity contribution in [1.29, 1.82) is 0 Å². The van der Waals surface area contributed by atoms with Crippen LogP contribution in [0.2, 0.25) is 0 Å². The van der Waals surface area contributed by atoms with E-state index in [9.17, 15) is 0 Å². The molecule has 2 heteroatoms. The Morgan fingerprint density at radius 3 is 2.72 bits per heavy atom. The van der Waals surface area contributed by atoms with Gasteiger partial charge in [-0.25, -0.2) is 0 Å². The second-order valence-corrected chi connectivity index (χ2v) is 5.55. The second kappa shape index (κ2) is 6.35. The van der Waals surface area contributed by atoms with Gasteiger partial charge in [0, 0.05) is 18.6 Å². The van der Waals surface area contributed by atoms with Crippen LogP contribution in [0.4, 0.5) is 0 Å². The topological polar surface area (TPSA) is 38.0 Å². The largest absolute Gasteiger partial charge is 0.329 e. The van der Waals surface area contributed by atoms with Crippen LogP contribution in [0.3, 0.4) is 0 Å². The Morgan fingerprint density at radius 1 is 1.28 bits per heavy atom. The molecule has 2 unspecified atom stereocenters. The fraction of sp³-hybridized carbons (Fsp3) is 0.625. The van der Waals surface area contributed by atoms with Gasteiger partial charge in [0.2, 0.25) is 0 Å². The molecule has 2 rings (SSSR count). The van der Waals surface area contributed by atoms with Crippen LogP contribution in [0, 0.1) is 5.92 Å². The van der Waals surface area contributed by atoms with Crippen molar-refractivity contribution in [1.82, 2.24) is 5.32 Å². The van der Waals surface area contributed by atoms with Gasteiger partial charge in [-0.3, -0.25) is 0 Å². The summed E-state index contributed by atoms with van der Waals surface area (Å²) in [5, 5.41) is 3.78. The van der Waals surface area contributed by atoms with Crippen LogP contribution in [-0.4, -0.2) is 12.1 Å². The molecule has 1 fully saturated rings. The van der Waals surface area contributed by atoms with Gasteiger partial charge in [0.1, 0.15) is 0 Å². The first-order valence-corrected chi connectivity index (χ1v) is 7.30. The normalized spacial score (nSPS) is 28.2. The molecule has 0 saturated heterocycles. The monoisotopic (exact) mass is 246 g/mol. The molecule has 1 aromatic rings. The van der Waals surface area contributed by atoms with Crippen LogP contribution < -0.4 is 11.1 Å². The maximum Gasteiger partial charge on any atom is 0.0335 e. The smallest absolute Gasteiger partial charge is 0.0335 e. The molecular weight excluding hydrogens is 220 g/mol. The SMILES string of the molecule is CCC1CCCCC1(CN)NCc1ccccc1. The molecule has 3 N–H and O–H groups in total. The summed E-state index contributed by atoms with van der Waals surface area (Å²) >= 11 is 0. The predicted molar refractivity (Wildman–Crippen MR) is 77.3 cm³/mol. The maximum atomic E-state index is 6.11. The molecule has 1 aliphatic carbocycles. The van der Waals surface area contributed by atoms with E-state index in [0.29, 0.717) is 0 Å². The van der Waals surface area contributed by atoms with Crippen molar-refractivity contribution in [3.8, 4) is 0 Å². The second-order valence-electron chi connectivity index (χ2n) is 5.55. The zero-order valence-corrected chi connectivity index (χ0v) is 11.5. The first-order valence-electron chi connectivity index (χ1n) is 7.30. The molecular formula is C16H26N2. The van der Waals surface area contributed by atoms with E-state index in [1.165, 1.54) is 37.7 Å². The highest BCUT2D eigenvalue weighted by molar-refractivity contribution is 5.15. The van der Waals surface area contributed by atoms with Gasteiger partial charge in [0.25, 0.3) is 0 Å². The maximum absolute atomic E-state index is 6.11.